The van der Waals surface area contributed by atoms with Gasteiger partial charge in [0.05, 0.1) is 35.3 Å². The van der Waals surface area contributed by atoms with Crippen molar-refractivity contribution in [1.29, 1.82) is 0 Å². The molecule has 4 N–H and O–H groups in total. The highest BCUT2D eigenvalue weighted by Crippen LogP contribution is 2.37. The van der Waals surface area contributed by atoms with E-state index in [9.17, 15) is 19.1 Å². The van der Waals surface area contributed by atoms with Gasteiger partial charge < -0.3 is 26.0 Å². The van der Waals surface area contributed by atoms with E-state index in [1.165, 1.54) is 16.1 Å². The third-order valence-corrected chi connectivity index (χ3v) is 11.8. The van der Waals surface area contributed by atoms with Crippen LogP contribution in [-0.2, 0) is 12.8 Å². The summed E-state index contributed by atoms with van der Waals surface area (Å²) in [6.45, 7) is 5.21. The molecule has 3 atom stereocenters. The summed E-state index contributed by atoms with van der Waals surface area (Å²) in [6, 6.07) is 27.4. The number of benzene rings is 5. The Morgan fingerprint density at radius 3 is 1.68 bits per heavy atom. The molecule has 0 aromatic heterocycles. The van der Waals surface area contributed by atoms with E-state index in [1.54, 1.807) is 62.6 Å². The Bertz CT molecular complexity index is 2540. The van der Waals surface area contributed by atoms with Crippen molar-refractivity contribution in [3.63, 3.8) is 0 Å². The van der Waals surface area contributed by atoms with Crippen LogP contribution in [0.3, 0.4) is 0 Å². The number of rotatable bonds is 5. The molecule has 11 nitrogen and oxygen atoms in total. The van der Waals surface area contributed by atoms with Crippen molar-refractivity contribution in [3.8, 4) is 0 Å². The van der Waals surface area contributed by atoms with E-state index in [2.05, 4.69) is 20.9 Å². The molecule has 322 valence electrons. The number of anilines is 3. The van der Waals surface area contributed by atoms with Crippen LogP contribution in [0.15, 0.2) is 107 Å². The van der Waals surface area contributed by atoms with E-state index >= 15 is 0 Å². The number of para-hydroxylation sites is 1. The van der Waals surface area contributed by atoms with Crippen LogP contribution >= 0.6 is 46.4 Å². The average molecular weight is 919 g/mol. The Hall–Kier alpha value is -5.37. The monoisotopic (exact) mass is 916 g/mol. The topological polar surface area (TPSA) is 125 Å². The number of aliphatic hydroxyl groups excluding tert-OH is 1. The number of nitrogens with one attached hydrogen (secondary N) is 3. The molecule has 3 heterocycles. The number of β-amino-alcohol motifs (C(OH)–C–C–N with tert-alkyl or cyclic N) is 1. The molecule has 0 bridgehead atoms. The van der Waals surface area contributed by atoms with E-state index in [4.69, 9.17) is 56.6 Å². The van der Waals surface area contributed by atoms with E-state index in [-0.39, 0.29) is 36.1 Å². The van der Waals surface area contributed by atoms with Crippen molar-refractivity contribution in [2.75, 3.05) is 37.4 Å². The predicted octanol–water partition coefficient (Wildman–Crippen LogP) is 10.1. The van der Waals surface area contributed by atoms with E-state index in [0.29, 0.717) is 62.3 Å². The van der Waals surface area contributed by atoms with Crippen LogP contribution < -0.4 is 20.9 Å². The van der Waals surface area contributed by atoms with Gasteiger partial charge in [-0.3, -0.25) is 0 Å². The number of amides is 4. The highest BCUT2D eigenvalue weighted by atomic mass is 35.5. The Labute approximate surface area is 380 Å². The maximum absolute atomic E-state index is 14.4. The standard InChI is InChI=1S/C24H21Cl2FN4O.C22H24Cl2N4O2/c1-14-11-18-19(12-17(26)13-22(18)29-21-6-4-3-5-20(21)27)23(30-31(14)24(32)28-2)15-7-9-16(25)10-8-15;1-13-9-18-19(10-16(24)11-20(18)27-8-7-17(29)12-27)21(26-28(13)22(30)25-2)14-3-5-15(23)6-4-14/h3-10,12-14,29H,11H2,1-2H3,(H,28,32);3-6,10-11,13,17,29H,7-9,12H2,1-2H3,(H,25,30)/t;13?,17-/m.0/s1. The number of nitrogens with zero attached hydrogens (tertiary/aromatic N) is 5. The second-order valence-electron chi connectivity index (χ2n) is 15.2. The highest BCUT2D eigenvalue weighted by Gasteiger charge is 2.32. The molecular weight excluding hydrogens is 873 g/mol. The van der Waals surface area contributed by atoms with Gasteiger partial charge in [-0.2, -0.15) is 10.2 Å². The highest BCUT2D eigenvalue weighted by molar-refractivity contribution is 6.33. The fraction of sp³-hybridized carbons (Fsp3) is 0.261. The summed E-state index contributed by atoms with van der Waals surface area (Å²) in [5.74, 6) is -0.374. The maximum Gasteiger partial charge on any atom is 0.337 e. The molecule has 16 heteroatoms. The van der Waals surface area contributed by atoms with E-state index in [1.807, 2.05) is 56.3 Å². The number of urea groups is 2. The van der Waals surface area contributed by atoms with Gasteiger partial charge in [-0.15, -0.1) is 0 Å². The zero-order valence-electron chi connectivity index (χ0n) is 34.4. The van der Waals surface area contributed by atoms with Gasteiger partial charge in [0, 0.05) is 80.9 Å². The molecular formula is C46H45Cl4FN8O3. The molecule has 2 unspecified atom stereocenters. The first-order valence-corrected chi connectivity index (χ1v) is 21.6. The normalized spacial score (nSPS) is 18.2. The molecule has 5 aromatic carbocycles. The second kappa shape index (κ2) is 19.3. The summed E-state index contributed by atoms with van der Waals surface area (Å²) >= 11 is 25.2. The number of carbonyl (C=O) groups excluding carboxylic acids is 2. The second-order valence-corrected chi connectivity index (χ2v) is 17.0. The fourth-order valence-electron chi connectivity index (χ4n) is 7.82. The molecule has 3 aliphatic heterocycles. The number of hydrazone groups is 2. The van der Waals surface area contributed by atoms with Gasteiger partial charge in [-0.05, 0) is 105 Å². The minimum Gasteiger partial charge on any atom is -0.391 e. The first kappa shape index (κ1) is 44.7. The van der Waals surface area contributed by atoms with Gasteiger partial charge in [0.15, 0.2) is 0 Å². The number of hydrogen-bond acceptors (Lipinski definition) is 7. The molecule has 0 saturated carbocycles. The third kappa shape index (κ3) is 9.80. The average Bonchev–Trinajstić information content (AvgIpc) is 3.56. The third-order valence-electron chi connectivity index (χ3n) is 10.9. The molecule has 4 amide bonds. The van der Waals surface area contributed by atoms with Gasteiger partial charge in [-0.25, -0.2) is 24.0 Å². The smallest absolute Gasteiger partial charge is 0.337 e. The minimum atomic E-state index is -0.374. The summed E-state index contributed by atoms with van der Waals surface area (Å²) in [4.78, 5) is 27.3. The summed E-state index contributed by atoms with van der Waals surface area (Å²) in [5, 5.41) is 33.2. The molecule has 62 heavy (non-hydrogen) atoms. The molecule has 0 spiro atoms. The zero-order valence-corrected chi connectivity index (χ0v) is 37.4. The minimum absolute atomic E-state index is 0.166. The van der Waals surface area contributed by atoms with Crippen LogP contribution in [0.2, 0.25) is 20.1 Å². The maximum atomic E-state index is 14.4. The van der Waals surface area contributed by atoms with Crippen molar-refractivity contribution in [2.45, 2.75) is 51.3 Å². The molecule has 0 aliphatic carbocycles. The molecule has 5 aromatic rings. The van der Waals surface area contributed by atoms with Gasteiger partial charge >= 0.3 is 12.1 Å². The van der Waals surface area contributed by atoms with Crippen LogP contribution in [0.25, 0.3) is 0 Å². The van der Waals surface area contributed by atoms with Gasteiger partial charge in [0.1, 0.15) is 5.82 Å². The molecule has 1 saturated heterocycles. The quantitative estimate of drug-likeness (QED) is 0.140. The first-order valence-electron chi connectivity index (χ1n) is 20.1. The summed E-state index contributed by atoms with van der Waals surface area (Å²) in [5.41, 5.74) is 8.44. The van der Waals surface area contributed by atoms with Crippen molar-refractivity contribution in [1.82, 2.24) is 20.7 Å². The Morgan fingerprint density at radius 2 is 1.18 bits per heavy atom. The van der Waals surface area contributed by atoms with Crippen LogP contribution in [0.4, 0.5) is 31.0 Å². The Balaban J connectivity index is 0.000000187. The molecule has 3 aliphatic rings. The molecule has 8 rings (SSSR count). The number of fused-ring (bicyclic) bond motifs is 2. The zero-order chi connectivity index (χ0) is 44.2. The predicted molar refractivity (Wildman–Crippen MR) is 249 cm³/mol. The number of aliphatic hydroxyl groups is 1. The lowest BCUT2D eigenvalue weighted by Gasteiger charge is -2.26. The lowest BCUT2D eigenvalue weighted by Crippen LogP contribution is -2.41. The largest absolute Gasteiger partial charge is 0.391 e. The van der Waals surface area contributed by atoms with Crippen LogP contribution in [0, 0.1) is 5.82 Å². The SMILES string of the molecule is CNC(=O)N1N=C(c2ccc(Cl)cc2)c2cc(Cl)cc(N3CC[C@H](O)C3)c2CC1C.CNC(=O)N1N=C(c2ccc(Cl)cc2)c2cc(Cl)cc(Nc3ccccc3F)c2CC1C. The lowest BCUT2D eigenvalue weighted by molar-refractivity contribution is 0.184. The summed E-state index contributed by atoms with van der Waals surface area (Å²) < 4.78 is 14.4. The van der Waals surface area contributed by atoms with Gasteiger partial charge in [0.25, 0.3) is 0 Å². The van der Waals surface area contributed by atoms with Crippen LogP contribution in [0.5, 0.6) is 0 Å². The lowest BCUT2D eigenvalue weighted by atomic mass is 9.93. The van der Waals surface area contributed by atoms with Crippen molar-refractivity contribution in [3.05, 3.63) is 156 Å². The van der Waals surface area contributed by atoms with Crippen LogP contribution in [-0.4, -0.2) is 84.0 Å². The number of halogens is 5. The number of carbonyl (C=O) groups is 2. The van der Waals surface area contributed by atoms with E-state index < -0.39 is 0 Å². The van der Waals surface area contributed by atoms with Gasteiger partial charge in [-0.1, -0.05) is 82.8 Å². The van der Waals surface area contributed by atoms with Gasteiger partial charge in [0.2, 0.25) is 0 Å². The van der Waals surface area contributed by atoms with Crippen molar-refractivity contribution in [2.24, 2.45) is 10.2 Å². The molecule has 1 fully saturated rings. The van der Waals surface area contributed by atoms with Crippen molar-refractivity contribution < 1.29 is 19.1 Å². The van der Waals surface area contributed by atoms with Crippen LogP contribution in [0.1, 0.15) is 53.6 Å². The fourth-order valence-corrected chi connectivity index (χ4v) is 8.51. The van der Waals surface area contributed by atoms with Crippen molar-refractivity contribution >= 4 is 87.0 Å². The summed E-state index contributed by atoms with van der Waals surface area (Å²) in [7, 11) is 3.16. The summed E-state index contributed by atoms with van der Waals surface area (Å²) in [6.07, 6.45) is 1.47. The number of hydrogen-bond donors (Lipinski definition) is 4. The van der Waals surface area contributed by atoms with E-state index in [0.717, 1.165) is 52.0 Å². The molecule has 0 radical (unpaired) electrons. The Morgan fingerprint density at radius 1 is 0.677 bits per heavy atom. The Kier molecular flexibility index (Phi) is 13.9. The first-order chi connectivity index (χ1) is 29.7.